The number of hydrogen-bond acceptors (Lipinski definition) is 4. The van der Waals surface area contributed by atoms with Crippen LogP contribution in [-0.4, -0.2) is 9.55 Å². The highest BCUT2D eigenvalue weighted by Gasteiger charge is 2.12. The van der Waals surface area contributed by atoms with E-state index in [1.165, 1.54) is 22.5 Å². The molecule has 3 aromatic rings. The van der Waals surface area contributed by atoms with Crippen molar-refractivity contribution >= 4 is 33.3 Å². The first kappa shape index (κ1) is 17.2. The van der Waals surface area contributed by atoms with Crippen molar-refractivity contribution < 1.29 is 0 Å². The van der Waals surface area contributed by atoms with E-state index in [2.05, 4.69) is 38.1 Å². The number of thiophene rings is 1. The summed E-state index contributed by atoms with van der Waals surface area (Å²) in [6, 6.07) is 10.4. The highest BCUT2D eigenvalue weighted by molar-refractivity contribution is 7.98. The van der Waals surface area contributed by atoms with Gasteiger partial charge in [-0.3, -0.25) is 9.36 Å². The molecule has 0 fully saturated rings. The quantitative estimate of drug-likeness (QED) is 0.329. The Morgan fingerprint density at radius 1 is 1.25 bits per heavy atom. The highest BCUT2D eigenvalue weighted by atomic mass is 32.2. The maximum absolute atomic E-state index is 12.8. The third-order valence-electron chi connectivity index (χ3n) is 3.97. The van der Waals surface area contributed by atoms with Crippen LogP contribution in [0.25, 0.3) is 10.2 Å². The van der Waals surface area contributed by atoms with Gasteiger partial charge in [-0.05, 0) is 30.4 Å². The predicted octanol–water partition coefficient (Wildman–Crippen LogP) is 5.25. The standard InChI is InChI=1S/C19H22N2OS2/c1-3-4-5-10-21-18(22)17-16(9-11-23-17)20-19(21)24-13-15-8-6-7-14(2)12-15/h6-9,11-12H,3-5,10,13H2,1-2H3. The van der Waals surface area contributed by atoms with Gasteiger partial charge in [0.2, 0.25) is 0 Å². The van der Waals surface area contributed by atoms with Crippen molar-refractivity contribution in [2.75, 3.05) is 0 Å². The van der Waals surface area contributed by atoms with Crippen LogP contribution >= 0.6 is 23.1 Å². The number of hydrogen-bond donors (Lipinski definition) is 0. The largest absolute Gasteiger partial charge is 0.286 e. The summed E-state index contributed by atoms with van der Waals surface area (Å²) in [5.74, 6) is 0.831. The number of thioether (sulfide) groups is 1. The molecular formula is C19H22N2OS2. The van der Waals surface area contributed by atoms with Crippen LogP contribution in [0.2, 0.25) is 0 Å². The number of unbranched alkanes of at least 4 members (excludes halogenated alkanes) is 2. The number of fused-ring (bicyclic) bond motifs is 1. The van der Waals surface area contributed by atoms with E-state index >= 15 is 0 Å². The van der Waals surface area contributed by atoms with Crippen LogP contribution in [0.3, 0.4) is 0 Å². The topological polar surface area (TPSA) is 34.9 Å². The lowest BCUT2D eigenvalue weighted by molar-refractivity contribution is 0.542. The maximum atomic E-state index is 12.8. The monoisotopic (exact) mass is 358 g/mol. The molecule has 0 atom stereocenters. The number of aromatic nitrogens is 2. The van der Waals surface area contributed by atoms with Crippen LogP contribution in [0, 0.1) is 6.92 Å². The van der Waals surface area contributed by atoms with E-state index in [4.69, 9.17) is 4.98 Å². The normalized spacial score (nSPS) is 11.2. The SMILES string of the molecule is CCCCCn1c(SCc2cccc(C)c2)nc2ccsc2c1=O. The predicted molar refractivity (Wildman–Crippen MR) is 104 cm³/mol. The summed E-state index contributed by atoms with van der Waals surface area (Å²) in [7, 11) is 0. The zero-order valence-corrected chi connectivity index (χ0v) is 15.8. The Balaban J connectivity index is 1.89. The van der Waals surface area contributed by atoms with Gasteiger partial charge in [0.05, 0.1) is 5.52 Å². The molecule has 0 aliphatic carbocycles. The van der Waals surface area contributed by atoms with E-state index in [1.54, 1.807) is 11.8 Å². The van der Waals surface area contributed by atoms with E-state index in [0.717, 1.165) is 46.9 Å². The maximum Gasteiger partial charge on any atom is 0.272 e. The van der Waals surface area contributed by atoms with Crippen LogP contribution < -0.4 is 5.56 Å². The van der Waals surface area contributed by atoms with Gasteiger partial charge in [0.1, 0.15) is 4.70 Å². The minimum atomic E-state index is 0.109. The van der Waals surface area contributed by atoms with Gasteiger partial charge in [-0.25, -0.2) is 4.98 Å². The number of aryl methyl sites for hydroxylation is 1. The van der Waals surface area contributed by atoms with Gasteiger partial charge in [0.25, 0.3) is 5.56 Å². The average Bonchev–Trinajstić information content (AvgIpc) is 3.04. The Bertz CT molecular complexity index is 882. The van der Waals surface area contributed by atoms with Crippen LogP contribution in [0.15, 0.2) is 45.7 Å². The average molecular weight is 359 g/mol. The molecule has 0 N–H and O–H groups in total. The fourth-order valence-electron chi connectivity index (χ4n) is 2.70. The molecular weight excluding hydrogens is 336 g/mol. The second-order valence-corrected chi connectivity index (χ2v) is 7.83. The lowest BCUT2D eigenvalue weighted by Crippen LogP contribution is -2.22. The van der Waals surface area contributed by atoms with E-state index in [-0.39, 0.29) is 5.56 Å². The lowest BCUT2D eigenvalue weighted by atomic mass is 10.2. The molecule has 5 heteroatoms. The number of nitrogens with zero attached hydrogens (tertiary/aromatic N) is 2. The van der Waals surface area contributed by atoms with E-state index in [1.807, 2.05) is 16.0 Å². The third kappa shape index (κ3) is 3.90. The van der Waals surface area contributed by atoms with Crippen molar-refractivity contribution in [3.05, 3.63) is 57.2 Å². The van der Waals surface area contributed by atoms with Crippen LogP contribution in [0.4, 0.5) is 0 Å². The van der Waals surface area contributed by atoms with Crippen molar-refractivity contribution in [1.29, 1.82) is 0 Å². The van der Waals surface area contributed by atoms with Crippen molar-refractivity contribution in [1.82, 2.24) is 9.55 Å². The Labute approximate surface area is 150 Å². The Morgan fingerprint density at radius 3 is 2.92 bits per heavy atom. The molecule has 3 rings (SSSR count). The van der Waals surface area contributed by atoms with Crippen LogP contribution in [-0.2, 0) is 12.3 Å². The zero-order chi connectivity index (χ0) is 16.9. The smallest absolute Gasteiger partial charge is 0.272 e. The van der Waals surface area contributed by atoms with Crippen molar-refractivity contribution in [3.63, 3.8) is 0 Å². The molecule has 0 bridgehead atoms. The molecule has 0 amide bonds. The summed E-state index contributed by atoms with van der Waals surface area (Å²) < 4.78 is 2.64. The summed E-state index contributed by atoms with van der Waals surface area (Å²) in [4.78, 5) is 17.5. The Morgan fingerprint density at radius 2 is 2.12 bits per heavy atom. The van der Waals surface area contributed by atoms with E-state index in [9.17, 15) is 4.79 Å². The first-order chi connectivity index (χ1) is 11.7. The van der Waals surface area contributed by atoms with Gasteiger partial charge in [0, 0.05) is 12.3 Å². The van der Waals surface area contributed by atoms with Gasteiger partial charge in [-0.1, -0.05) is 61.4 Å². The van der Waals surface area contributed by atoms with Gasteiger partial charge < -0.3 is 0 Å². The molecule has 0 aliphatic rings. The molecule has 0 radical (unpaired) electrons. The Hall–Kier alpha value is -1.59. The molecule has 0 unspecified atom stereocenters. The van der Waals surface area contributed by atoms with Crippen LogP contribution in [0.1, 0.15) is 37.3 Å². The van der Waals surface area contributed by atoms with Gasteiger partial charge in [-0.15, -0.1) is 11.3 Å². The molecule has 2 heterocycles. The summed E-state index contributed by atoms with van der Waals surface area (Å²) >= 11 is 3.14. The van der Waals surface area contributed by atoms with Gasteiger partial charge in [0.15, 0.2) is 5.16 Å². The van der Waals surface area contributed by atoms with E-state index < -0.39 is 0 Å². The zero-order valence-electron chi connectivity index (χ0n) is 14.1. The molecule has 126 valence electrons. The lowest BCUT2D eigenvalue weighted by Gasteiger charge is -2.12. The number of rotatable bonds is 7. The summed E-state index contributed by atoms with van der Waals surface area (Å²) in [5, 5.41) is 2.79. The van der Waals surface area contributed by atoms with Crippen molar-refractivity contribution in [2.24, 2.45) is 0 Å². The Kier molecular flexibility index (Phi) is 5.74. The second-order valence-electron chi connectivity index (χ2n) is 5.97. The van der Waals surface area contributed by atoms with Gasteiger partial charge >= 0.3 is 0 Å². The molecule has 3 nitrogen and oxygen atoms in total. The molecule has 2 aromatic heterocycles. The van der Waals surface area contributed by atoms with Gasteiger partial charge in [-0.2, -0.15) is 0 Å². The molecule has 0 saturated heterocycles. The fraction of sp³-hybridized carbons (Fsp3) is 0.368. The first-order valence-electron chi connectivity index (χ1n) is 8.35. The molecule has 1 aromatic carbocycles. The molecule has 0 spiro atoms. The third-order valence-corrected chi connectivity index (χ3v) is 5.91. The summed E-state index contributed by atoms with van der Waals surface area (Å²) in [5.41, 5.74) is 3.45. The van der Waals surface area contributed by atoms with E-state index in [0.29, 0.717) is 0 Å². The molecule has 0 aliphatic heterocycles. The number of benzene rings is 1. The summed E-state index contributed by atoms with van der Waals surface area (Å²) in [6.45, 7) is 5.03. The second kappa shape index (κ2) is 7.99. The highest BCUT2D eigenvalue weighted by Crippen LogP contribution is 2.24. The minimum Gasteiger partial charge on any atom is -0.286 e. The first-order valence-corrected chi connectivity index (χ1v) is 10.2. The summed E-state index contributed by atoms with van der Waals surface area (Å²) in [6.07, 6.45) is 3.30. The fourth-order valence-corrected chi connectivity index (χ4v) is 4.45. The molecule has 24 heavy (non-hydrogen) atoms. The van der Waals surface area contributed by atoms with Crippen molar-refractivity contribution in [2.45, 2.75) is 50.6 Å². The molecule has 0 saturated carbocycles. The van der Waals surface area contributed by atoms with Crippen LogP contribution in [0.5, 0.6) is 0 Å². The van der Waals surface area contributed by atoms with Crippen molar-refractivity contribution in [3.8, 4) is 0 Å². The minimum absolute atomic E-state index is 0.109.